The van der Waals surface area contributed by atoms with Crippen LogP contribution < -0.4 is 15.2 Å². The molecule has 4 rings (SSSR count). The third kappa shape index (κ3) is 3.73. The molecule has 0 radical (unpaired) electrons. The van der Waals surface area contributed by atoms with Crippen molar-refractivity contribution in [3.05, 3.63) is 88.9 Å². The Morgan fingerprint density at radius 3 is 2.45 bits per heavy atom. The summed E-state index contributed by atoms with van der Waals surface area (Å²) < 4.78 is 43.0. The highest BCUT2D eigenvalue weighted by atomic mass is 19.1. The molecule has 6 nitrogen and oxygen atoms in total. The molecule has 0 spiro atoms. The van der Waals surface area contributed by atoms with E-state index >= 15 is 0 Å². The van der Waals surface area contributed by atoms with E-state index in [0.29, 0.717) is 11.8 Å². The number of aromatic nitrogens is 2. The topological polar surface area (TPSA) is 66.5 Å². The summed E-state index contributed by atoms with van der Waals surface area (Å²) in [6.07, 6.45) is -0.464. The second-order valence-corrected chi connectivity index (χ2v) is 5.97. The molecule has 0 saturated carbocycles. The highest BCUT2D eigenvalue weighted by Gasteiger charge is 2.15. The van der Waals surface area contributed by atoms with Crippen LogP contribution in [-0.2, 0) is 0 Å². The second-order valence-electron chi connectivity index (χ2n) is 5.97. The lowest BCUT2D eigenvalue weighted by molar-refractivity contribution is 0.308. The molecule has 0 aliphatic carbocycles. The molecule has 4 aromatic rings. The minimum Gasteiger partial charge on any atom is -0.496 e. The Morgan fingerprint density at radius 1 is 0.966 bits per heavy atom. The molecule has 0 N–H and O–H groups in total. The van der Waals surface area contributed by atoms with Gasteiger partial charge in [-0.2, -0.15) is 4.68 Å². The number of para-hydroxylation sites is 1. The minimum absolute atomic E-state index is 0.314. The van der Waals surface area contributed by atoms with Crippen LogP contribution in [0.5, 0.6) is 17.6 Å². The normalized spacial score (nSPS) is 10.7. The zero-order valence-electron chi connectivity index (χ0n) is 15.1. The summed E-state index contributed by atoms with van der Waals surface area (Å²) in [4.78, 5) is 12.1. The third-order valence-corrected chi connectivity index (χ3v) is 4.15. The molecular weight excluding hydrogens is 382 g/mol. The van der Waals surface area contributed by atoms with Gasteiger partial charge in [0.1, 0.15) is 11.6 Å². The number of rotatable bonds is 5. The zero-order valence-corrected chi connectivity index (χ0v) is 15.1. The van der Waals surface area contributed by atoms with E-state index in [1.165, 1.54) is 0 Å². The molecule has 1 aromatic heterocycles. The molecule has 0 unspecified atom stereocenters. The van der Waals surface area contributed by atoms with Crippen LogP contribution >= 0.6 is 0 Å². The van der Waals surface area contributed by atoms with Gasteiger partial charge >= 0.3 is 11.8 Å². The number of hydrogen-bond acceptors (Lipinski definition) is 5. The average molecular weight is 396 g/mol. The summed E-state index contributed by atoms with van der Waals surface area (Å²) in [6.45, 7) is 0. The van der Waals surface area contributed by atoms with Crippen LogP contribution in [-0.4, -0.2) is 16.9 Å². The van der Waals surface area contributed by atoms with Crippen LogP contribution in [0.4, 0.5) is 8.78 Å². The van der Waals surface area contributed by atoms with Crippen molar-refractivity contribution in [2.75, 3.05) is 7.11 Å². The molecule has 0 aliphatic heterocycles. The molecular formula is C21H14F2N2O4. The summed E-state index contributed by atoms with van der Waals surface area (Å²) in [5.41, 5.74) is 2.20. The lowest BCUT2D eigenvalue weighted by atomic mass is 10.0. The van der Waals surface area contributed by atoms with Crippen LogP contribution in [0.2, 0.25) is 0 Å². The summed E-state index contributed by atoms with van der Waals surface area (Å²) in [5.74, 6) is -2.10. The van der Waals surface area contributed by atoms with Crippen LogP contribution in [0.3, 0.4) is 0 Å². The van der Waals surface area contributed by atoms with Gasteiger partial charge in [-0.05, 0) is 35.9 Å². The predicted octanol–water partition coefficient (Wildman–Crippen LogP) is 4.57. The number of methoxy groups -OCH3 is 1. The minimum atomic E-state index is -0.941. The fraction of sp³-hybridized carbons (Fsp3) is 0.0476. The van der Waals surface area contributed by atoms with Gasteiger partial charge in [0, 0.05) is 11.6 Å². The van der Waals surface area contributed by atoms with E-state index in [-0.39, 0.29) is 5.75 Å². The maximum atomic E-state index is 13.7. The number of nitrogens with zero attached hydrogens (tertiary/aromatic N) is 2. The largest absolute Gasteiger partial charge is 0.496 e. The van der Waals surface area contributed by atoms with Crippen molar-refractivity contribution in [2.45, 2.75) is 0 Å². The second kappa shape index (κ2) is 7.59. The van der Waals surface area contributed by atoms with Crippen LogP contribution in [0.15, 0.2) is 75.9 Å². The van der Waals surface area contributed by atoms with Crippen LogP contribution in [0.1, 0.15) is 0 Å². The number of benzene rings is 3. The van der Waals surface area contributed by atoms with E-state index < -0.39 is 23.5 Å². The van der Waals surface area contributed by atoms with E-state index in [9.17, 15) is 13.6 Å². The van der Waals surface area contributed by atoms with Crippen molar-refractivity contribution < 1.29 is 22.7 Å². The van der Waals surface area contributed by atoms with Gasteiger partial charge in [-0.25, -0.2) is 13.6 Å². The lowest BCUT2D eigenvalue weighted by Gasteiger charge is -2.08. The Balaban J connectivity index is 1.61. The van der Waals surface area contributed by atoms with E-state index in [4.69, 9.17) is 13.9 Å². The summed E-state index contributed by atoms with van der Waals surface area (Å²) in [5, 5.41) is 3.91. The molecule has 3 aromatic carbocycles. The average Bonchev–Trinajstić information content (AvgIpc) is 3.10. The number of halogens is 2. The van der Waals surface area contributed by atoms with Crippen LogP contribution in [0.25, 0.3) is 16.8 Å². The number of ether oxygens (including phenoxy) is 2. The Kier molecular flexibility index (Phi) is 4.82. The van der Waals surface area contributed by atoms with Crippen molar-refractivity contribution in [3.8, 4) is 34.4 Å². The van der Waals surface area contributed by atoms with Gasteiger partial charge in [-0.1, -0.05) is 35.4 Å². The quantitative estimate of drug-likeness (QED) is 0.494. The monoisotopic (exact) mass is 396 g/mol. The Morgan fingerprint density at radius 2 is 1.72 bits per heavy atom. The first-order valence-electron chi connectivity index (χ1n) is 8.52. The van der Waals surface area contributed by atoms with E-state index in [2.05, 4.69) is 5.10 Å². The van der Waals surface area contributed by atoms with Crippen molar-refractivity contribution in [3.63, 3.8) is 0 Å². The summed E-state index contributed by atoms with van der Waals surface area (Å²) in [7, 11) is 1.59. The third-order valence-electron chi connectivity index (χ3n) is 4.15. The molecule has 0 amide bonds. The first kappa shape index (κ1) is 18.4. The highest BCUT2D eigenvalue weighted by Crippen LogP contribution is 2.30. The Hall–Kier alpha value is -3.94. The van der Waals surface area contributed by atoms with Gasteiger partial charge in [-0.15, -0.1) is 0 Å². The smallest absolute Gasteiger partial charge is 0.444 e. The molecule has 8 heteroatoms. The Bertz CT molecular complexity index is 1220. The van der Waals surface area contributed by atoms with Gasteiger partial charge in [0.05, 0.1) is 12.8 Å². The molecule has 29 heavy (non-hydrogen) atoms. The predicted molar refractivity (Wildman–Crippen MR) is 101 cm³/mol. The molecule has 0 bridgehead atoms. The van der Waals surface area contributed by atoms with E-state index in [1.807, 2.05) is 24.3 Å². The maximum Gasteiger partial charge on any atom is 0.444 e. The summed E-state index contributed by atoms with van der Waals surface area (Å²) in [6, 6.07) is 17.2. The first-order valence-corrected chi connectivity index (χ1v) is 8.52. The first-order chi connectivity index (χ1) is 14.0. The molecule has 1 heterocycles. The van der Waals surface area contributed by atoms with Crippen molar-refractivity contribution in [1.82, 2.24) is 9.78 Å². The molecule has 0 aliphatic rings. The van der Waals surface area contributed by atoms with E-state index in [0.717, 1.165) is 33.7 Å². The summed E-state index contributed by atoms with van der Waals surface area (Å²) >= 11 is 0. The van der Waals surface area contributed by atoms with Gasteiger partial charge < -0.3 is 13.9 Å². The van der Waals surface area contributed by atoms with Crippen molar-refractivity contribution in [1.29, 1.82) is 0 Å². The molecule has 0 fully saturated rings. The van der Waals surface area contributed by atoms with Gasteiger partial charge in [0.15, 0.2) is 11.6 Å². The molecule has 0 atom stereocenters. The zero-order chi connectivity index (χ0) is 20.4. The molecule has 0 saturated heterocycles. The SMILES string of the molecule is COc1ccccc1-c1ccc(-n2nc(Oc3ccc(F)cc3F)oc2=O)cc1. The standard InChI is InChI=1S/C21H14F2N2O4/c1-27-18-5-3-2-4-16(18)13-6-9-15(10-7-13)25-21(26)29-20(24-25)28-19-11-8-14(22)12-17(19)23/h2-12H,1H3. The van der Waals surface area contributed by atoms with Gasteiger partial charge in [0.2, 0.25) is 0 Å². The van der Waals surface area contributed by atoms with Crippen LogP contribution in [0, 0.1) is 11.6 Å². The van der Waals surface area contributed by atoms with Gasteiger partial charge in [-0.3, -0.25) is 0 Å². The highest BCUT2D eigenvalue weighted by molar-refractivity contribution is 5.71. The Labute approximate surface area is 163 Å². The van der Waals surface area contributed by atoms with Crippen molar-refractivity contribution in [2.24, 2.45) is 0 Å². The van der Waals surface area contributed by atoms with E-state index in [1.54, 1.807) is 31.4 Å². The fourth-order valence-corrected chi connectivity index (χ4v) is 2.78. The number of hydrogen-bond donors (Lipinski definition) is 0. The van der Waals surface area contributed by atoms with Gasteiger partial charge in [0.25, 0.3) is 0 Å². The maximum absolute atomic E-state index is 13.7. The van der Waals surface area contributed by atoms with Crippen molar-refractivity contribution >= 4 is 0 Å². The molecule has 146 valence electrons. The lowest BCUT2D eigenvalue weighted by Crippen LogP contribution is -2.13. The fourth-order valence-electron chi connectivity index (χ4n) is 2.78.